The average molecular weight is 266 g/mol. The smallest absolute Gasteiger partial charge is 0.229 e. The van der Waals surface area contributed by atoms with Gasteiger partial charge in [0, 0.05) is 10.9 Å². The predicted molar refractivity (Wildman–Crippen MR) is 77.4 cm³/mol. The molecule has 0 spiro atoms. The van der Waals surface area contributed by atoms with Crippen molar-refractivity contribution in [2.24, 2.45) is 0 Å². The van der Waals surface area contributed by atoms with Crippen LogP contribution in [0.15, 0.2) is 53.1 Å². The van der Waals surface area contributed by atoms with E-state index in [2.05, 4.69) is 0 Å². The Morgan fingerprint density at radius 3 is 2.45 bits per heavy atom. The summed E-state index contributed by atoms with van der Waals surface area (Å²) in [6, 6.07) is 13.1. The summed E-state index contributed by atoms with van der Waals surface area (Å²) in [5, 5.41) is 1.79. The molecule has 0 aliphatic heterocycles. The number of rotatable bonds is 3. The van der Waals surface area contributed by atoms with Gasteiger partial charge in [0.25, 0.3) is 0 Å². The van der Waals surface area contributed by atoms with Gasteiger partial charge in [-0.05, 0) is 36.1 Å². The Labute approximate surface area is 116 Å². The van der Waals surface area contributed by atoms with Gasteiger partial charge in [0.15, 0.2) is 5.76 Å². The van der Waals surface area contributed by atoms with Crippen LogP contribution >= 0.6 is 0 Å². The standard InChI is InChI=1S/C17H14O3/c1-11-9-10-20-17(11)16(18)14-7-8-15(19-2)13-6-4-3-5-12(13)14/h3-10H,1-2H3. The van der Waals surface area contributed by atoms with Gasteiger partial charge in [-0.3, -0.25) is 4.79 Å². The Balaban J connectivity index is 2.23. The highest BCUT2D eigenvalue weighted by Gasteiger charge is 2.18. The van der Waals surface area contributed by atoms with Gasteiger partial charge in [0.05, 0.1) is 13.4 Å². The minimum Gasteiger partial charge on any atom is -0.496 e. The number of carbonyl (C=O) groups is 1. The fraction of sp³-hybridized carbons (Fsp3) is 0.118. The summed E-state index contributed by atoms with van der Waals surface area (Å²) in [4.78, 5) is 12.6. The van der Waals surface area contributed by atoms with Crippen molar-refractivity contribution in [1.82, 2.24) is 0 Å². The van der Waals surface area contributed by atoms with E-state index in [-0.39, 0.29) is 5.78 Å². The Hall–Kier alpha value is -2.55. The van der Waals surface area contributed by atoms with Crippen LogP contribution < -0.4 is 4.74 Å². The first kappa shape index (κ1) is 12.5. The summed E-state index contributed by atoms with van der Waals surface area (Å²) in [5.41, 5.74) is 1.47. The predicted octanol–water partition coefficient (Wildman–Crippen LogP) is 3.98. The van der Waals surface area contributed by atoms with E-state index in [1.54, 1.807) is 19.2 Å². The topological polar surface area (TPSA) is 39.4 Å². The average Bonchev–Trinajstić information content (AvgIpc) is 2.91. The molecule has 3 aromatic rings. The summed E-state index contributed by atoms with van der Waals surface area (Å²) >= 11 is 0. The largest absolute Gasteiger partial charge is 0.496 e. The van der Waals surface area contributed by atoms with E-state index in [0.717, 1.165) is 22.1 Å². The van der Waals surface area contributed by atoms with Crippen molar-refractivity contribution < 1.29 is 13.9 Å². The van der Waals surface area contributed by atoms with E-state index in [0.29, 0.717) is 11.3 Å². The second-order valence-corrected chi connectivity index (χ2v) is 4.62. The number of hydrogen-bond donors (Lipinski definition) is 0. The number of ether oxygens (including phenoxy) is 1. The van der Waals surface area contributed by atoms with Crippen molar-refractivity contribution in [3.63, 3.8) is 0 Å². The lowest BCUT2D eigenvalue weighted by Crippen LogP contribution is -2.03. The molecule has 1 heterocycles. The molecule has 20 heavy (non-hydrogen) atoms. The van der Waals surface area contributed by atoms with Gasteiger partial charge in [0.2, 0.25) is 5.78 Å². The molecule has 3 rings (SSSR count). The van der Waals surface area contributed by atoms with Crippen molar-refractivity contribution in [3.05, 3.63) is 65.6 Å². The normalized spacial score (nSPS) is 10.7. The second-order valence-electron chi connectivity index (χ2n) is 4.62. The molecule has 3 heteroatoms. The number of fused-ring (bicyclic) bond motifs is 1. The highest BCUT2D eigenvalue weighted by molar-refractivity contribution is 6.16. The van der Waals surface area contributed by atoms with Crippen molar-refractivity contribution in [2.45, 2.75) is 6.92 Å². The second kappa shape index (κ2) is 4.85. The first-order valence-electron chi connectivity index (χ1n) is 6.37. The number of carbonyl (C=O) groups excluding carboxylic acids is 1. The molecule has 0 N–H and O–H groups in total. The molecule has 2 aromatic carbocycles. The molecule has 3 nitrogen and oxygen atoms in total. The maximum Gasteiger partial charge on any atom is 0.229 e. The quantitative estimate of drug-likeness (QED) is 0.673. The highest BCUT2D eigenvalue weighted by Crippen LogP contribution is 2.30. The Morgan fingerprint density at radius 1 is 1.05 bits per heavy atom. The third kappa shape index (κ3) is 1.88. The van der Waals surface area contributed by atoms with Gasteiger partial charge in [-0.15, -0.1) is 0 Å². The highest BCUT2D eigenvalue weighted by atomic mass is 16.5. The van der Waals surface area contributed by atoms with Crippen LogP contribution in [0.1, 0.15) is 21.7 Å². The molecule has 0 fully saturated rings. The fourth-order valence-corrected chi connectivity index (χ4v) is 2.38. The molecule has 0 aliphatic carbocycles. The number of benzene rings is 2. The van der Waals surface area contributed by atoms with Crippen LogP contribution in [0.5, 0.6) is 5.75 Å². The van der Waals surface area contributed by atoms with Crippen LogP contribution in [0.25, 0.3) is 10.8 Å². The van der Waals surface area contributed by atoms with Crippen LogP contribution in [0.3, 0.4) is 0 Å². The van der Waals surface area contributed by atoms with Crippen LogP contribution in [0.4, 0.5) is 0 Å². The van der Waals surface area contributed by atoms with E-state index in [1.807, 2.05) is 37.3 Å². The first-order chi connectivity index (χ1) is 9.72. The SMILES string of the molecule is COc1ccc(C(=O)c2occc2C)c2ccccc12. The van der Waals surface area contributed by atoms with Crippen molar-refractivity contribution in [2.75, 3.05) is 7.11 Å². The number of ketones is 1. The lowest BCUT2D eigenvalue weighted by atomic mass is 9.98. The summed E-state index contributed by atoms with van der Waals surface area (Å²) in [5.74, 6) is 1.04. The molecule has 0 bridgehead atoms. The van der Waals surface area contributed by atoms with Gasteiger partial charge in [-0.1, -0.05) is 24.3 Å². The Bertz CT molecular complexity index is 784. The van der Waals surface area contributed by atoms with E-state index >= 15 is 0 Å². The molecule has 0 atom stereocenters. The van der Waals surface area contributed by atoms with Crippen molar-refractivity contribution in [1.29, 1.82) is 0 Å². The number of aryl methyl sites for hydroxylation is 1. The summed E-state index contributed by atoms with van der Waals surface area (Å²) in [6.45, 7) is 1.86. The number of furan rings is 1. The van der Waals surface area contributed by atoms with Crippen molar-refractivity contribution in [3.8, 4) is 5.75 Å². The molecule has 0 saturated carbocycles. The molecule has 0 radical (unpaired) electrons. The van der Waals surface area contributed by atoms with E-state index in [4.69, 9.17) is 9.15 Å². The summed E-state index contributed by atoms with van der Waals surface area (Å²) < 4.78 is 10.6. The first-order valence-corrected chi connectivity index (χ1v) is 6.37. The zero-order valence-electron chi connectivity index (χ0n) is 11.3. The zero-order valence-corrected chi connectivity index (χ0v) is 11.3. The van der Waals surface area contributed by atoms with E-state index < -0.39 is 0 Å². The minimum absolute atomic E-state index is 0.105. The summed E-state index contributed by atoms with van der Waals surface area (Å²) in [7, 11) is 1.62. The number of hydrogen-bond acceptors (Lipinski definition) is 3. The van der Waals surface area contributed by atoms with Gasteiger partial charge in [0.1, 0.15) is 5.75 Å². The monoisotopic (exact) mass is 266 g/mol. The third-order valence-corrected chi connectivity index (χ3v) is 3.42. The maximum atomic E-state index is 12.6. The lowest BCUT2D eigenvalue weighted by Gasteiger charge is -2.09. The molecular formula is C17H14O3. The van der Waals surface area contributed by atoms with Gasteiger partial charge >= 0.3 is 0 Å². The minimum atomic E-state index is -0.105. The third-order valence-electron chi connectivity index (χ3n) is 3.42. The molecular weight excluding hydrogens is 252 g/mol. The Morgan fingerprint density at radius 2 is 1.80 bits per heavy atom. The zero-order chi connectivity index (χ0) is 14.1. The van der Waals surface area contributed by atoms with Crippen molar-refractivity contribution >= 4 is 16.6 Å². The molecule has 0 aliphatic rings. The van der Waals surface area contributed by atoms with Gasteiger partial charge in [-0.25, -0.2) is 0 Å². The van der Waals surface area contributed by atoms with Gasteiger partial charge in [-0.2, -0.15) is 0 Å². The lowest BCUT2D eigenvalue weighted by molar-refractivity contribution is 0.101. The van der Waals surface area contributed by atoms with Crippen LogP contribution in [-0.4, -0.2) is 12.9 Å². The van der Waals surface area contributed by atoms with Crippen LogP contribution in [0, 0.1) is 6.92 Å². The molecule has 0 unspecified atom stereocenters. The van der Waals surface area contributed by atoms with E-state index in [9.17, 15) is 4.79 Å². The Kier molecular flexibility index (Phi) is 3.03. The molecule has 100 valence electrons. The van der Waals surface area contributed by atoms with Gasteiger partial charge < -0.3 is 9.15 Å². The molecule has 0 saturated heterocycles. The van der Waals surface area contributed by atoms with Crippen LogP contribution in [-0.2, 0) is 0 Å². The number of methoxy groups -OCH3 is 1. The van der Waals surface area contributed by atoms with Crippen LogP contribution in [0.2, 0.25) is 0 Å². The fourth-order valence-electron chi connectivity index (χ4n) is 2.38. The molecule has 1 aromatic heterocycles. The molecule has 0 amide bonds. The maximum absolute atomic E-state index is 12.6. The van der Waals surface area contributed by atoms with E-state index in [1.165, 1.54) is 6.26 Å². The summed E-state index contributed by atoms with van der Waals surface area (Å²) in [6.07, 6.45) is 1.54.